The summed E-state index contributed by atoms with van der Waals surface area (Å²) in [6, 6.07) is 0.278. The number of rotatable bonds is 4. The minimum absolute atomic E-state index is 0.278. The van der Waals surface area contributed by atoms with E-state index in [1.54, 1.807) is 0 Å². The molecule has 0 aromatic carbocycles. The van der Waals surface area contributed by atoms with Gasteiger partial charge in [-0.25, -0.2) is 0 Å². The lowest BCUT2D eigenvalue weighted by molar-refractivity contribution is 0.709. The average Bonchev–Trinajstić information content (AvgIpc) is 1.83. The highest BCUT2D eigenvalue weighted by atomic mass is 14.9. The first-order chi connectivity index (χ1) is 3.85. The normalized spacial score (nSPS) is 9.25. The molecule has 0 aromatic rings. The summed E-state index contributed by atoms with van der Waals surface area (Å²) in [5.74, 6) is 0. The molecular formula is C7H13N. The summed E-state index contributed by atoms with van der Waals surface area (Å²) in [5, 5.41) is 3.15. The first-order valence-corrected chi connectivity index (χ1v) is 2.83. The van der Waals surface area contributed by atoms with E-state index in [0.717, 1.165) is 6.54 Å². The van der Waals surface area contributed by atoms with Crippen molar-refractivity contribution in [2.75, 3.05) is 6.54 Å². The zero-order valence-corrected chi connectivity index (χ0v) is 5.35. The maximum absolute atomic E-state index is 3.62. The molecule has 0 unspecified atom stereocenters. The van der Waals surface area contributed by atoms with E-state index in [2.05, 4.69) is 25.4 Å². The van der Waals surface area contributed by atoms with Crippen LogP contribution in [0.25, 0.3) is 0 Å². The van der Waals surface area contributed by atoms with E-state index >= 15 is 0 Å². The highest BCUT2D eigenvalue weighted by molar-refractivity contribution is 4.97. The Bertz CT molecular complexity index is 68.5. The molecular weight excluding hydrogens is 98.1 g/mol. The van der Waals surface area contributed by atoms with Gasteiger partial charge in [0, 0.05) is 6.04 Å². The lowest BCUT2D eigenvalue weighted by Crippen LogP contribution is -2.23. The van der Waals surface area contributed by atoms with E-state index in [9.17, 15) is 0 Å². The van der Waals surface area contributed by atoms with Gasteiger partial charge in [0.05, 0.1) is 0 Å². The van der Waals surface area contributed by atoms with Crippen LogP contribution in [0.2, 0.25) is 0 Å². The maximum Gasteiger partial charge on any atom is 0.0430 e. The van der Waals surface area contributed by atoms with Gasteiger partial charge in [0.2, 0.25) is 0 Å². The Morgan fingerprint density at radius 2 is 2.00 bits per heavy atom. The molecule has 8 heavy (non-hydrogen) atoms. The molecule has 0 aromatic heterocycles. The molecule has 0 rings (SSSR count). The molecule has 0 fully saturated rings. The highest BCUT2D eigenvalue weighted by Crippen LogP contribution is 1.82. The van der Waals surface area contributed by atoms with Gasteiger partial charge < -0.3 is 5.32 Å². The Hall–Kier alpha value is -0.560. The summed E-state index contributed by atoms with van der Waals surface area (Å²) < 4.78 is 0. The van der Waals surface area contributed by atoms with Crippen LogP contribution >= 0.6 is 0 Å². The van der Waals surface area contributed by atoms with Crippen LogP contribution in [0.3, 0.4) is 0 Å². The van der Waals surface area contributed by atoms with Crippen molar-refractivity contribution in [2.45, 2.75) is 13.0 Å². The van der Waals surface area contributed by atoms with Crippen molar-refractivity contribution in [2.24, 2.45) is 0 Å². The van der Waals surface area contributed by atoms with Crippen molar-refractivity contribution >= 4 is 0 Å². The Morgan fingerprint density at radius 3 is 2.12 bits per heavy atom. The molecule has 0 spiro atoms. The molecule has 0 radical (unpaired) electrons. The molecule has 0 heterocycles. The summed E-state index contributed by atoms with van der Waals surface area (Å²) in [4.78, 5) is 0. The van der Waals surface area contributed by atoms with E-state index in [4.69, 9.17) is 0 Å². The summed E-state index contributed by atoms with van der Waals surface area (Å²) in [5.41, 5.74) is 0. The monoisotopic (exact) mass is 111 g/mol. The predicted molar refractivity (Wildman–Crippen MR) is 37.9 cm³/mol. The summed E-state index contributed by atoms with van der Waals surface area (Å²) in [7, 11) is 0. The molecule has 0 amide bonds. The maximum atomic E-state index is 3.62. The van der Waals surface area contributed by atoms with Crippen LogP contribution in [0.4, 0.5) is 0 Å². The summed E-state index contributed by atoms with van der Waals surface area (Å²) in [6.07, 6.45) is 3.66. The van der Waals surface area contributed by atoms with Crippen molar-refractivity contribution in [1.82, 2.24) is 5.32 Å². The second kappa shape index (κ2) is 4.60. The Morgan fingerprint density at radius 1 is 1.50 bits per heavy atom. The number of hydrogen-bond acceptors (Lipinski definition) is 1. The third-order valence-corrected chi connectivity index (χ3v) is 0.948. The minimum Gasteiger partial charge on any atom is -0.308 e. The molecule has 1 nitrogen and oxygen atoms in total. The van der Waals surface area contributed by atoms with Crippen LogP contribution in [0.5, 0.6) is 0 Å². The zero-order valence-electron chi connectivity index (χ0n) is 5.35. The van der Waals surface area contributed by atoms with Gasteiger partial charge in [-0.3, -0.25) is 0 Å². The fraction of sp³-hybridized carbons (Fsp3) is 0.429. The fourth-order valence-electron chi connectivity index (χ4n) is 0.499. The second-order valence-electron chi connectivity index (χ2n) is 1.55. The van der Waals surface area contributed by atoms with Gasteiger partial charge in [0.25, 0.3) is 0 Å². The standard InChI is InChI=1S/C7H13N/c1-4-7(5-2)8-6-3/h4-5,7-8H,1-2,6H2,3H3. The van der Waals surface area contributed by atoms with Crippen LogP contribution in [0, 0.1) is 0 Å². The smallest absolute Gasteiger partial charge is 0.0430 e. The quantitative estimate of drug-likeness (QED) is 0.540. The van der Waals surface area contributed by atoms with Crippen molar-refractivity contribution in [1.29, 1.82) is 0 Å². The van der Waals surface area contributed by atoms with Crippen LogP contribution in [-0.2, 0) is 0 Å². The molecule has 0 saturated heterocycles. The molecule has 0 saturated carbocycles. The van der Waals surface area contributed by atoms with Gasteiger partial charge in [0.1, 0.15) is 0 Å². The highest BCUT2D eigenvalue weighted by Gasteiger charge is 1.89. The zero-order chi connectivity index (χ0) is 6.41. The van der Waals surface area contributed by atoms with Gasteiger partial charge >= 0.3 is 0 Å². The lowest BCUT2D eigenvalue weighted by atomic mass is 10.3. The fourth-order valence-corrected chi connectivity index (χ4v) is 0.499. The van der Waals surface area contributed by atoms with Gasteiger partial charge in [0.15, 0.2) is 0 Å². The second-order valence-corrected chi connectivity index (χ2v) is 1.55. The third-order valence-electron chi connectivity index (χ3n) is 0.948. The number of nitrogens with one attached hydrogen (secondary N) is 1. The summed E-state index contributed by atoms with van der Waals surface area (Å²) in [6.45, 7) is 10.2. The third kappa shape index (κ3) is 2.59. The Kier molecular flexibility index (Phi) is 4.27. The average molecular weight is 111 g/mol. The number of likely N-dealkylation sites (N-methyl/N-ethyl adjacent to an activating group) is 1. The van der Waals surface area contributed by atoms with E-state index in [1.165, 1.54) is 0 Å². The molecule has 1 N–H and O–H groups in total. The van der Waals surface area contributed by atoms with E-state index in [1.807, 2.05) is 12.2 Å². The largest absolute Gasteiger partial charge is 0.308 e. The van der Waals surface area contributed by atoms with E-state index in [-0.39, 0.29) is 6.04 Å². The van der Waals surface area contributed by atoms with Crippen LogP contribution in [-0.4, -0.2) is 12.6 Å². The van der Waals surface area contributed by atoms with Crippen molar-refractivity contribution in [3.8, 4) is 0 Å². The minimum atomic E-state index is 0.278. The SMILES string of the molecule is C=CC(C=C)NCC. The lowest BCUT2D eigenvalue weighted by Gasteiger charge is -2.04. The molecule has 0 aliphatic carbocycles. The first kappa shape index (κ1) is 7.44. The first-order valence-electron chi connectivity index (χ1n) is 2.83. The van der Waals surface area contributed by atoms with Crippen LogP contribution < -0.4 is 5.32 Å². The van der Waals surface area contributed by atoms with Gasteiger partial charge in [-0.2, -0.15) is 0 Å². The van der Waals surface area contributed by atoms with E-state index in [0.29, 0.717) is 0 Å². The topological polar surface area (TPSA) is 12.0 Å². The van der Waals surface area contributed by atoms with E-state index < -0.39 is 0 Å². The predicted octanol–water partition coefficient (Wildman–Crippen LogP) is 1.34. The Labute approximate surface area is 51.1 Å². The molecule has 46 valence electrons. The Balaban J connectivity index is 3.35. The van der Waals surface area contributed by atoms with Gasteiger partial charge in [-0.1, -0.05) is 19.1 Å². The molecule has 0 aliphatic rings. The van der Waals surface area contributed by atoms with Crippen molar-refractivity contribution < 1.29 is 0 Å². The molecule has 0 bridgehead atoms. The van der Waals surface area contributed by atoms with Crippen molar-refractivity contribution in [3.05, 3.63) is 25.3 Å². The summed E-state index contributed by atoms with van der Waals surface area (Å²) >= 11 is 0. The molecule has 0 aliphatic heterocycles. The van der Waals surface area contributed by atoms with Crippen molar-refractivity contribution in [3.63, 3.8) is 0 Å². The van der Waals surface area contributed by atoms with Gasteiger partial charge in [-0.15, -0.1) is 13.2 Å². The van der Waals surface area contributed by atoms with Crippen LogP contribution in [0.15, 0.2) is 25.3 Å². The van der Waals surface area contributed by atoms with Crippen LogP contribution in [0.1, 0.15) is 6.92 Å². The van der Waals surface area contributed by atoms with Gasteiger partial charge in [-0.05, 0) is 6.54 Å². The number of hydrogen-bond donors (Lipinski definition) is 1. The molecule has 0 atom stereocenters. The molecule has 1 heteroatoms.